The summed E-state index contributed by atoms with van der Waals surface area (Å²) in [7, 11) is 3.18. The van der Waals surface area contributed by atoms with Crippen LogP contribution < -0.4 is 14.4 Å². The summed E-state index contributed by atoms with van der Waals surface area (Å²) in [6.45, 7) is 4.75. The van der Waals surface area contributed by atoms with E-state index in [1.807, 2.05) is 37.3 Å². The van der Waals surface area contributed by atoms with Crippen molar-refractivity contribution < 1.29 is 23.5 Å². The lowest BCUT2D eigenvalue weighted by Crippen LogP contribution is -2.52. The highest BCUT2D eigenvalue weighted by Gasteiger charge is 2.26. The van der Waals surface area contributed by atoms with Crippen LogP contribution >= 0.6 is 0 Å². The Morgan fingerprint density at radius 2 is 1.64 bits per heavy atom. The molecule has 1 aliphatic heterocycles. The van der Waals surface area contributed by atoms with Gasteiger partial charge in [-0.25, -0.2) is 4.39 Å². The third-order valence-corrected chi connectivity index (χ3v) is 6.77. The van der Waals surface area contributed by atoms with Crippen molar-refractivity contribution in [2.24, 2.45) is 0 Å². The number of hydrogen-bond donors (Lipinski definition) is 0. The van der Waals surface area contributed by atoms with E-state index in [-0.39, 0.29) is 18.4 Å². The summed E-state index contributed by atoms with van der Waals surface area (Å²) in [4.78, 5) is 31.5. The molecule has 0 atom stereocenters. The van der Waals surface area contributed by atoms with Crippen LogP contribution in [-0.2, 0) is 4.79 Å². The molecule has 2 amide bonds. The SMILES string of the molecule is CCCCN(CC(=O)N1CCN(c2ccc(-c3ccc(OC)c(OC)c3)nn2)CC1)C(=O)c1ccc(F)cc1. The average molecular weight is 536 g/mol. The monoisotopic (exact) mass is 535 g/mol. The molecule has 206 valence electrons. The molecule has 0 unspecified atom stereocenters. The van der Waals surface area contributed by atoms with Crippen molar-refractivity contribution in [2.75, 3.05) is 58.4 Å². The summed E-state index contributed by atoms with van der Waals surface area (Å²) < 4.78 is 24.0. The van der Waals surface area contributed by atoms with E-state index in [1.54, 1.807) is 24.0 Å². The second kappa shape index (κ2) is 13.0. The maximum absolute atomic E-state index is 13.3. The Bertz CT molecular complexity index is 1260. The number of amides is 2. The van der Waals surface area contributed by atoms with E-state index in [0.29, 0.717) is 55.5 Å². The highest BCUT2D eigenvalue weighted by molar-refractivity contribution is 5.96. The van der Waals surface area contributed by atoms with Crippen molar-refractivity contribution in [1.82, 2.24) is 20.0 Å². The minimum Gasteiger partial charge on any atom is -0.493 e. The molecule has 0 saturated carbocycles. The van der Waals surface area contributed by atoms with E-state index in [1.165, 1.54) is 24.3 Å². The van der Waals surface area contributed by atoms with Gasteiger partial charge in [-0.3, -0.25) is 9.59 Å². The van der Waals surface area contributed by atoms with Crippen LogP contribution in [0.2, 0.25) is 0 Å². The molecule has 1 fully saturated rings. The molecule has 39 heavy (non-hydrogen) atoms. The van der Waals surface area contributed by atoms with E-state index in [9.17, 15) is 14.0 Å². The van der Waals surface area contributed by atoms with Crippen molar-refractivity contribution in [3.8, 4) is 22.8 Å². The molecular formula is C29H34FN5O4. The largest absolute Gasteiger partial charge is 0.493 e. The van der Waals surface area contributed by atoms with Gasteiger partial charge in [0.2, 0.25) is 5.91 Å². The minimum atomic E-state index is -0.402. The number of nitrogens with zero attached hydrogens (tertiary/aromatic N) is 5. The van der Waals surface area contributed by atoms with Crippen LogP contribution in [-0.4, -0.2) is 85.3 Å². The van der Waals surface area contributed by atoms with E-state index in [0.717, 1.165) is 24.2 Å². The van der Waals surface area contributed by atoms with Crippen molar-refractivity contribution in [3.05, 3.63) is 66.0 Å². The average Bonchev–Trinajstić information content (AvgIpc) is 2.99. The molecule has 2 heterocycles. The molecule has 1 aromatic heterocycles. The molecule has 2 aromatic carbocycles. The summed E-state index contributed by atoms with van der Waals surface area (Å²) in [6.07, 6.45) is 1.68. The molecule has 0 spiro atoms. The molecule has 10 heteroatoms. The zero-order valence-electron chi connectivity index (χ0n) is 22.6. The van der Waals surface area contributed by atoms with Crippen molar-refractivity contribution in [3.63, 3.8) is 0 Å². The maximum Gasteiger partial charge on any atom is 0.254 e. The molecule has 0 bridgehead atoms. The number of aromatic nitrogens is 2. The molecule has 9 nitrogen and oxygen atoms in total. The summed E-state index contributed by atoms with van der Waals surface area (Å²) in [5.74, 6) is 1.24. The van der Waals surface area contributed by atoms with Crippen LogP contribution in [0.5, 0.6) is 11.5 Å². The van der Waals surface area contributed by atoms with Crippen molar-refractivity contribution in [2.45, 2.75) is 19.8 Å². The van der Waals surface area contributed by atoms with Crippen LogP contribution in [0.1, 0.15) is 30.1 Å². The van der Waals surface area contributed by atoms with E-state index in [4.69, 9.17) is 9.47 Å². The van der Waals surface area contributed by atoms with E-state index in [2.05, 4.69) is 15.1 Å². The van der Waals surface area contributed by atoms with Gasteiger partial charge < -0.3 is 24.2 Å². The zero-order chi connectivity index (χ0) is 27.8. The highest BCUT2D eigenvalue weighted by Crippen LogP contribution is 2.31. The third kappa shape index (κ3) is 6.81. The standard InChI is InChI=1S/C29H34FN5O4/c1-4-5-14-35(29(37)21-6-9-23(30)10-7-21)20-28(36)34-17-15-33(16-18-34)27-13-11-24(31-32-27)22-8-12-25(38-2)26(19-22)39-3/h6-13,19H,4-5,14-18,20H2,1-3H3. The number of methoxy groups -OCH3 is 2. The van der Waals surface area contributed by atoms with Crippen LogP contribution in [0.4, 0.5) is 10.2 Å². The Morgan fingerprint density at radius 1 is 0.923 bits per heavy atom. The second-order valence-electron chi connectivity index (χ2n) is 9.30. The van der Waals surface area contributed by atoms with Gasteiger partial charge in [0.05, 0.1) is 19.9 Å². The first-order valence-electron chi connectivity index (χ1n) is 13.1. The van der Waals surface area contributed by atoms with Crippen LogP contribution in [0.15, 0.2) is 54.6 Å². The predicted molar refractivity (Wildman–Crippen MR) is 147 cm³/mol. The Labute approximate surface area is 228 Å². The molecule has 1 aliphatic rings. The zero-order valence-corrected chi connectivity index (χ0v) is 22.6. The Hall–Kier alpha value is -4.21. The molecule has 4 rings (SSSR count). The number of rotatable bonds is 10. The number of hydrogen-bond acceptors (Lipinski definition) is 7. The fraction of sp³-hybridized carbons (Fsp3) is 0.379. The number of halogens is 1. The smallest absolute Gasteiger partial charge is 0.254 e. The first-order chi connectivity index (χ1) is 18.9. The Balaban J connectivity index is 1.35. The normalized spacial score (nSPS) is 13.2. The van der Waals surface area contributed by atoms with Gasteiger partial charge in [0.1, 0.15) is 12.4 Å². The van der Waals surface area contributed by atoms with Gasteiger partial charge in [-0.1, -0.05) is 13.3 Å². The third-order valence-electron chi connectivity index (χ3n) is 6.77. The maximum atomic E-state index is 13.3. The number of ether oxygens (including phenoxy) is 2. The lowest BCUT2D eigenvalue weighted by molar-refractivity contribution is -0.132. The summed E-state index contributed by atoms with van der Waals surface area (Å²) in [5, 5.41) is 8.81. The number of carbonyl (C=O) groups excluding carboxylic acids is 2. The fourth-order valence-corrected chi connectivity index (χ4v) is 4.47. The number of unbranched alkanes of at least 4 members (excludes halogenated alkanes) is 1. The molecule has 0 radical (unpaired) electrons. The topological polar surface area (TPSA) is 88.1 Å². The van der Waals surface area contributed by atoms with Gasteiger partial charge in [0.15, 0.2) is 17.3 Å². The van der Waals surface area contributed by atoms with Crippen LogP contribution in [0.25, 0.3) is 11.3 Å². The van der Waals surface area contributed by atoms with Gasteiger partial charge in [0.25, 0.3) is 5.91 Å². The first kappa shape index (κ1) is 27.8. The van der Waals surface area contributed by atoms with Gasteiger partial charge in [-0.2, -0.15) is 0 Å². The summed E-state index contributed by atoms with van der Waals surface area (Å²) in [5.41, 5.74) is 1.96. The van der Waals surface area contributed by atoms with Gasteiger partial charge in [-0.15, -0.1) is 10.2 Å². The summed E-state index contributed by atoms with van der Waals surface area (Å²) >= 11 is 0. The van der Waals surface area contributed by atoms with Crippen molar-refractivity contribution >= 4 is 17.6 Å². The van der Waals surface area contributed by atoms with Gasteiger partial charge in [0, 0.05) is 43.9 Å². The quantitative estimate of drug-likeness (QED) is 0.389. The number of anilines is 1. The lowest BCUT2D eigenvalue weighted by Gasteiger charge is -2.36. The Morgan fingerprint density at radius 3 is 2.26 bits per heavy atom. The Kier molecular flexibility index (Phi) is 9.30. The van der Waals surface area contributed by atoms with Gasteiger partial charge >= 0.3 is 0 Å². The fourth-order valence-electron chi connectivity index (χ4n) is 4.47. The van der Waals surface area contributed by atoms with E-state index < -0.39 is 5.82 Å². The minimum absolute atomic E-state index is 0.00393. The summed E-state index contributed by atoms with van der Waals surface area (Å²) in [6, 6.07) is 14.9. The molecular weight excluding hydrogens is 501 g/mol. The number of benzene rings is 2. The molecule has 1 saturated heterocycles. The van der Waals surface area contributed by atoms with Crippen molar-refractivity contribution in [1.29, 1.82) is 0 Å². The first-order valence-corrected chi connectivity index (χ1v) is 13.1. The highest BCUT2D eigenvalue weighted by atomic mass is 19.1. The molecule has 3 aromatic rings. The van der Waals surface area contributed by atoms with E-state index >= 15 is 0 Å². The lowest BCUT2D eigenvalue weighted by atomic mass is 10.1. The second-order valence-corrected chi connectivity index (χ2v) is 9.30. The van der Waals surface area contributed by atoms with Gasteiger partial charge in [-0.05, 0) is 61.0 Å². The number of piperazine rings is 1. The van der Waals surface area contributed by atoms with Crippen LogP contribution in [0.3, 0.4) is 0 Å². The molecule has 0 aliphatic carbocycles. The van der Waals surface area contributed by atoms with Crippen LogP contribution in [0, 0.1) is 5.82 Å². The predicted octanol–water partition coefficient (Wildman–Crippen LogP) is 3.89. The number of carbonyl (C=O) groups is 2. The molecule has 0 N–H and O–H groups in total.